The third-order valence-electron chi connectivity index (χ3n) is 4.61. The lowest BCUT2D eigenvalue weighted by molar-refractivity contribution is -0.111. The van der Waals surface area contributed by atoms with E-state index in [0.29, 0.717) is 11.5 Å². The second-order valence-electron chi connectivity index (χ2n) is 6.37. The molecule has 1 amide bonds. The normalized spacial score (nSPS) is 11.2. The van der Waals surface area contributed by atoms with Gasteiger partial charge in [-0.15, -0.1) is 0 Å². The molecule has 0 saturated carbocycles. The zero-order chi connectivity index (χ0) is 19.5. The summed E-state index contributed by atoms with van der Waals surface area (Å²) in [7, 11) is 3.17. The van der Waals surface area contributed by atoms with Crippen LogP contribution < -0.4 is 14.8 Å². The quantitative estimate of drug-likeness (QED) is 0.485. The highest BCUT2D eigenvalue weighted by molar-refractivity contribution is 6.10. The van der Waals surface area contributed by atoms with E-state index in [1.807, 2.05) is 48.5 Å². The number of H-pyrrole nitrogens is 1. The average Bonchev–Trinajstić information content (AvgIpc) is 3.10. The molecule has 5 nitrogen and oxygen atoms in total. The Bertz CT molecular complexity index is 1190. The molecule has 5 heteroatoms. The minimum Gasteiger partial charge on any atom is -0.493 e. The van der Waals surface area contributed by atoms with Crippen molar-refractivity contribution in [2.45, 2.75) is 0 Å². The molecule has 0 fully saturated rings. The molecule has 3 aromatic carbocycles. The van der Waals surface area contributed by atoms with Gasteiger partial charge >= 0.3 is 0 Å². The van der Waals surface area contributed by atoms with Crippen LogP contribution in [0.15, 0.2) is 66.7 Å². The fourth-order valence-electron chi connectivity index (χ4n) is 3.24. The summed E-state index contributed by atoms with van der Waals surface area (Å²) in [6, 6.07) is 19.5. The number of aromatic amines is 1. The Kier molecular flexibility index (Phi) is 4.72. The first-order chi connectivity index (χ1) is 13.7. The fourth-order valence-corrected chi connectivity index (χ4v) is 3.24. The minimum absolute atomic E-state index is 0.200. The predicted octanol–water partition coefficient (Wildman–Crippen LogP) is 4.99. The van der Waals surface area contributed by atoms with Crippen molar-refractivity contribution in [2.75, 3.05) is 19.5 Å². The van der Waals surface area contributed by atoms with Gasteiger partial charge in [0, 0.05) is 33.6 Å². The van der Waals surface area contributed by atoms with Crippen molar-refractivity contribution in [1.82, 2.24) is 4.98 Å². The molecule has 0 atom stereocenters. The van der Waals surface area contributed by atoms with Gasteiger partial charge < -0.3 is 19.8 Å². The summed E-state index contributed by atoms with van der Waals surface area (Å²) in [5.74, 6) is 1.07. The number of anilines is 1. The Labute approximate surface area is 162 Å². The second-order valence-corrected chi connectivity index (χ2v) is 6.37. The van der Waals surface area contributed by atoms with Crippen LogP contribution in [0.2, 0.25) is 0 Å². The largest absolute Gasteiger partial charge is 0.493 e. The van der Waals surface area contributed by atoms with Gasteiger partial charge in [-0.3, -0.25) is 4.79 Å². The summed E-state index contributed by atoms with van der Waals surface area (Å²) in [5.41, 5.74) is 3.72. The highest BCUT2D eigenvalue weighted by atomic mass is 16.5. The number of nitrogens with one attached hydrogen (secondary N) is 2. The standard InChI is InChI=1S/C23H20N2O3/c1-27-21-11-7-15(13-22(21)28-2)8-12-23(26)24-16-9-10-20-18(14-16)17-5-3-4-6-19(17)25-20/h3-14,25H,1-2H3,(H,24,26)/b12-8+. The molecule has 2 N–H and O–H groups in total. The van der Waals surface area contributed by atoms with Crippen LogP contribution in [0.4, 0.5) is 5.69 Å². The maximum absolute atomic E-state index is 12.3. The summed E-state index contributed by atoms with van der Waals surface area (Å²) in [4.78, 5) is 15.7. The molecule has 1 heterocycles. The third-order valence-corrected chi connectivity index (χ3v) is 4.61. The first-order valence-corrected chi connectivity index (χ1v) is 8.89. The number of methoxy groups -OCH3 is 2. The molecular weight excluding hydrogens is 352 g/mol. The molecule has 0 bridgehead atoms. The van der Waals surface area contributed by atoms with Crippen LogP contribution in [-0.4, -0.2) is 25.1 Å². The Hall–Kier alpha value is -3.73. The van der Waals surface area contributed by atoms with Crippen molar-refractivity contribution in [3.63, 3.8) is 0 Å². The van der Waals surface area contributed by atoms with Crippen LogP contribution in [0.3, 0.4) is 0 Å². The smallest absolute Gasteiger partial charge is 0.248 e. The number of fused-ring (bicyclic) bond motifs is 3. The summed E-state index contributed by atoms with van der Waals surface area (Å²) < 4.78 is 10.5. The van der Waals surface area contributed by atoms with Crippen molar-refractivity contribution in [1.29, 1.82) is 0 Å². The third kappa shape index (κ3) is 3.42. The number of para-hydroxylation sites is 1. The topological polar surface area (TPSA) is 63.3 Å². The van der Waals surface area contributed by atoms with E-state index < -0.39 is 0 Å². The van der Waals surface area contributed by atoms with E-state index in [9.17, 15) is 4.79 Å². The van der Waals surface area contributed by atoms with Crippen molar-refractivity contribution in [3.05, 3.63) is 72.3 Å². The van der Waals surface area contributed by atoms with Gasteiger partial charge in [0.15, 0.2) is 11.5 Å². The van der Waals surface area contributed by atoms with Gasteiger partial charge in [0.1, 0.15) is 0 Å². The minimum atomic E-state index is -0.200. The van der Waals surface area contributed by atoms with Gasteiger partial charge in [0.05, 0.1) is 14.2 Å². The second kappa shape index (κ2) is 7.48. The molecule has 4 rings (SSSR count). The number of benzene rings is 3. The summed E-state index contributed by atoms with van der Waals surface area (Å²) in [6.07, 6.45) is 3.24. The van der Waals surface area contributed by atoms with E-state index in [2.05, 4.69) is 16.4 Å². The number of ether oxygens (including phenoxy) is 2. The first kappa shape index (κ1) is 17.7. The van der Waals surface area contributed by atoms with Crippen LogP contribution in [0.5, 0.6) is 11.5 Å². The summed E-state index contributed by atoms with van der Waals surface area (Å²) in [5, 5.41) is 5.13. The number of amides is 1. The molecule has 0 aliphatic carbocycles. The van der Waals surface area contributed by atoms with Gasteiger partial charge in [0.25, 0.3) is 0 Å². The van der Waals surface area contributed by atoms with Crippen molar-refractivity contribution < 1.29 is 14.3 Å². The van der Waals surface area contributed by atoms with Gasteiger partial charge in [-0.2, -0.15) is 0 Å². The van der Waals surface area contributed by atoms with Crippen molar-refractivity contribution in [2.24, 2.45) is 0 Å². The number of aromatic nitrogens is 1. The predicted molar refractivity (Wildman–Crippen MR) is 113 cm³/mol. The van der Waals surface area contributed by atoms with Gasteiger partial charge in [-0.25, -0.2) is 0 Å². The zero-order valence-corrected chi connectivity index (χ0v) is 15.7. The monoisotopic (exact) mass is 372 g/mol. The molecule has 28 heavy (non-hydrogen) atoms. The number of hydrogen-bond donors (Lipinski definition) is 2. The van der Waals surface area contributed by atoms with Crippen molar-refractivity contribution >= 4 is 39.5 Å². The van der Waals surface area contributed by atoms with Crippen molar-refractivity contribution in [3.8, 4) is 11.5 Å². The van der Waals surface area contributed by atoms with Gasteiger partial charge in [-0.1, -0.05) is 24.3 Å². The molecular formula is C23H20N2O3. The molecule has 140 valence electrons. The SMILES string of the molecule is COc1ccc(/C=C/C(=O)Nc2ccc3[nH]c4ccccc4c3c2)cc1OC. The molecule has 0 unspecified atom stereocenters. The molecule has 0 aliphatic rings. The lowest BCUT2D eigenvalue weighted by Crippen LogP contribution is -2.07. The number of hydrogen-bond acceptors (Lipinski definition) is 3. The lowest BCUT2D eigenvalue weighted by atomic mass is 10.1. The van der Waals surface area contributed by atoms with E-state index in [4.69, 9.17) is 9.47 Å². The first-order valence-electron chi connectivity index (χ1n) is 8.89. The Morgan fingerprint density at radius 2 is 1.68 bits per heavy atom. The molecule has 1 aromatic heterocycles. The molecule has 0 spiro atoms. The summed E-state index contributed by atoms with van der Waals surface area (Å²) >= 11 is 0. The summed E-state index contributed by atoms with van der Waals surface area (Å²) in [6.45, 7) is 0. The Morgan fingerprint density at radius 3 is 2.50 bits per heavy atom. The Balaban J connectivity index is 1.53. The van der Waals surface area contributed by atoms with Crippen LogP contribution in [-0.2, 0) is 4.79 Å². The number of rotatable bonds is 5. The highest BCUT2D eigenvalue weighted by Crippen LogP contribution is 2.29. The number of carbonyl (C=O) groups is 1. The molecule has 0 saturated heterocycles. The lowest BCUT2D eigenvalue weighted by Gasteiger charge is -2.07. The van der Waals surface area contributed by atoms with Crippen LogP contribution in [0.1, 0.15) is 5.56 Å². The van der Waals surface area contributed by atoms with Gasteiger partial charge in [-0.05, 0) is 48.0 Å². The van der Waals surface area contributed by atoms with E-state index in [-0.39, 0.29) is 5.91 Å². The van der Waals surface area contributed by atoms with E-state index >= 15 is 0 Å². The van der Waals surface area contributed by atoms with Crippen LogP contribution >= 0.6 is 0 Å². The van der Waals surface area contributed by atoms with Gasteiger partial charge in [0.2, 0.25) is 5.91 Å². The van der Waals surface area contributed by atoms with E-state index in [1.165, 1.54) is 6.08 Å². The zero-order valence-electron chi connectivity index (χ0n) is 15.7. The van der Waals surface area contributed by atoms with Crippen LogP contribution in [0, 0.1) is 0 Å². The van der Waals surface area contributed by atoms with E-state index in [1.54, 1.807) is 26.4 Å². The highest BCUT2D eigenvalue weighted by Gasteiger charge is 2.06. The molecule has 0 radical (unpaired) electrons. The van der Waals surface area contributed by atoms with Crippen LogP contribution in [0.25, 0.3) is 27.9 Å². The fraction of sp³-hybridized carbons (Fsp3) is 0.0870. The number of carbonyl (C=O) groups excluding carboxylic acids is 1. The maximum Gasteiger partial charge on any atom is 0.248 e. The molecule has 4 aromatic rings. The average molecular weight is 372 g/mol. The van der Waals surface area contributed by atoms with E-state index in [0.717, 1.165) is 33.1 Å². The Morgan fingerprint density at radius 1 is 0.893 bits per heavy atom. The maximum atomic E-state index is 12.3. The molecule has 0 aliphatic heterocycles.